The summed E-state index contributed by atoms with van der Waals surface area (Å²) in [5, 5.41) is 0.923. The fourth-order valence-corrected chi connectivity index (χ4v) is 3.08. The van der Waals surface area contributed by atoms with Gasteiger partial charge in [-0.05, 0) is 24.6 Å². The van der Waals surface area contributed by atoms with Crippen molar-refractivity contribution < 1.29 is 9.13 Å². The number of benzene rings is 1. The topological polar surface area (TPSA) is 54.0 Å². The van der Waals surface area contributed by atoms with Crippen molar-refractivity contribution in [3.8, 4) is 11.1 Å². The molecule has 4 rings (SSSR count). The summed E-state index contributed by atoms with van der Waals surface area (Å²) in [6.45, 7) is 4.28. The second kappa shape index (κ2) is 5.62. The van der Waals surface area contributed by atoms with E-state index in [1.54, 1.807) is 12.4 Å². The molecule has 0 saturated carbocycles. The van der Waals surface area contributed by atoms with E-state index in [9.17, 15) is 4.39 Å². The molecule has 1 atom stereocenters. The molecule has 0 aliphatic carbocycles. The van der Waals surface area contributed by atoms with Crippen molar-refractivity contribution >= 4 is 16.9 Å². The van der Waals surface area contributed by atoms with Gasteiger partial charge in [-0.3, -0.25) is 0 Å². The number of aromatic amines is 1. The molecule has 0 spiro atoms. The molecule has 5 nitrogen and oxygen atoms in total. The number of aromatic nitrogens is 3. The van der Waals surface area contributed by atoms with E-state index in [-0.39, 0.29) is 11.9 Å². The van der Waals surface area contributed by atoms with Gasteiger partial charge in [0.25, 0.3) is 0 Å². The molecule has 0 radical (unpaired) electrons. The number of fused-ring (bicyclic) bond motifs is 1. The quantitative estimate of drug-likeness (QED) is 0.790. The van der Waals surface area contributed by atoms with Gasteiger partial charge in [0.2, 0.25) is 0 Å². The SMILES string of the molecule is CC1CN(c2ncnc3[nH]cc(-c4cccc(F)c4)c23)CCO1. The van der Waals surface area contributed by atoms with Crippen LogP contribution >= 0.6 is 0 Å². The Hall–Kier alpha value is -2.47. The summed E-state index contributed by atoms with van der Waals surface area (Å²) in [5.41, 5.74) is 2.48. The molecule has 0 bridgehead atoms. The van der Waals surface area contributed by atoms with Crippen LogP contribution in [0.15, 0.2) is 36.8 Å². The third kappa shape index (κ3) is 2.55. The highest BCUT2D eigenvalue weighted by atomic mass is 19.1. The lowest BCUT2D eigenvalue weighted by molar-refractivity contribution is 0.0530. The zero-order chi connectivity index (χ0) is 15.8. The second-order valence-corrected chi connectivity index (χ2v) is 5.76. The van der Waals surface area contributed by atoms with E-state index in [4.69, 9.17) is 4.74 Å². The van der Waals surface area contributed by atoms with E-state index in [2.05, 4.69) is 26.8 Å². The highest BCUT2D eigenvalue weighted by Crippen LogP contribution is 2.34. The minimum absolute atomic E-state index is 0.158. The van der Waals surface area contributed by atoms with Crippen molar-refractivity contribution in [2.24, 2.45) is 0 Å². The molecule has 1 aromatic carbocycles. The number of nitrogens with one attached hydrogen (secondary N) is 1. The molecule has 3 heterocycles. The van der Waals surface area contributed by atoms with Gasteiger partial charge in [0.15, 0.2) is 0 Å². The van der Waals surface area contributed by atoms with Gasteiger partial charge in [0.1, 0.15) is 23.6 Å². The Balaban J connectivity index is 1.87. The van der Waals surface area contributed by atoms with Crippen molar-refractivity contribution in [3.63, 3.8) is 0 Å². The largest absolute Gasteiger partial charge is 0.375 e. The Kier molecular flexibility index (Phi) is 3.46. The van der Waals surface area contributed by atoms with Crippen LogP contribution in [0.3, 0.4) is 0 Å². The summed E-state index contributed by atoms with van der Waals surface area (Å²) in [4.78, 5) is 14.2. The van der Waals surface area contributed by atoms with Crippen molar-refractivity contribution in [2.45, 2.75) is 13.0 Å². The maximum absolute atomic E-state index is 13.6. The molecular formula is C17H17FN4O. The van der Waals surface area contributed by atoms with E-state index in [0.29, 0.717) is 6.61 Å². The number of H-pyrrole nitrogens is 1. The Morgan fingerprint density at radius 2 is 2.26 bits per heavy atom. The minimum atomic E-state index is -0.254. The summed E-state index contributed by atoms with van der Waals surface area (Å²) in [6.07, 6.45) is 3.58. The van der Waals surface area contributed by atoms with Crippen LogP contribution in [0.2, 0.25) is 0 Å². The molecule has 0 amide bonds. The van der Waals surface area contributed by atoms with Gasteiger partial charge in [-0.25, -0.2) is 14.4 Å². The van der Waals surface area contributed by atoms with Gasteiger partial charge in [-0.2, -0.15) is 0 Å². The summed E-state index contributed by atoms with van der Waals surface area (Å²) >= 11 is 0. The van der Waals surface area contributed by atoms with E-state index in [1.165, 1.54) is 12.1 Å². The van der Waals surface area contributed by atoms with Crippen LogP contribution in [-0.2, 0) is 4.74 Å². The molecule has 1 unspecified atom stereocenters. The molecule has 1 aliphatic heterocycles. The third-order valence-electron chi connectivity index (χ3n) is 4.13. The van der Waals surface area contributed by atoms with Gasteiger partial charge < -0.3 is 14.6 Å². The molecule has 1 N–H and O–H groups in total. The first-order valence-electron chi connectivity index (χ1n) is 7.67. The van der Waals surface area contributed by atoms with Gasteiger partial charge in [-0.1, -0.05) is 12.1 Å². The van der Waals surface area contributed by atoms with Crippen molar-refractivity contribution in [1.29, 1.82) is 0 Å². The molecule has 1 aliphatic rings. The predicted molar refractivity (Wildman–Crippen MR) is 86.9 cm³/mol. The average Bonchev–Trinajstić information content (AvgIpc) is 2.99. The lowest BCUT2D eigenvalue weighted by atomic mass is 10.1. The second-order valence-electron chi connectivity index (χ2n) is 5.76. The molecular weight excluding hydrogens is 295 g/mol. The van der Waals surface area contributed by atoms with Crippen LogP contribution in [0.1, 0.15) is 6.92 Å². The summed E-state index contributed by atoms with van der Waals surface area (Å²) in [5.74, 6) is 0.612. The van der Waals surface area contributed by atoms with Crippen LogP contribution in [0.25, 0.3) is 22.2 Å². The number of hydrogen-bond acceptors (Lipinski definition) is 4. The van der Waals surface area contributed by atoms with Crippen molar-refractivity contribution in [3.05, 3.63) is 42.6 Å². The number of hydrogen-bond donors (Lipinski definition) is 1. The highest BCUT2D eigenvalue weighted by molar-refractivity contribution is 6.01. The van der Waals surface area contributed by atoms with Crippen molar-refractivity contribution in [2.75, 3.05) is 24.6 Å². The number of halogens is 1. The first-order chi connectivity index (χ1) is 11.2. The maximum atomic E-state index is 13.6. The number of rotatable bonds is 2. The lowest BCUT2D eigenvalue weighted by Gasteiger charge is -2.32. The van der Waals surface area contributed by atoms with Crippen LogP contribution < -0.4 is 4.90 Å². The van der Waals surface area contributed by atoms with Gasteiger partial charge in [-0.15, -0.1) is 0 Å². The first-order valence-corrected chi connectivity index (χ1v) is 7.67. The Morgan fingerprint density at radius 3 is 3.09 bits per heavy atom. The summed E-state index contributed by atoms with van der Waals surface area (Å²) < 4.78 is 19.2. The summed E-state index contributed by atoms with van der Waals surface area (Å²) in [7, 11) is 0. The van der Waals surface area contributed by atoms with Crippen molar-refractivity contribution in [1.82, 2.24) is 15.0 Å². The molecule has 1 fully saturated rings. The number of anilines is 1. The number of nitrogens with zero attached hydrogens (tertiary/aromatic N) is 3. The van der Waals surface area contributed by atoms with E-state index < -0.39 is 0 Å². The normalized spacial score (nSPS) is 18.5. The monoisotopic (exact) mass is 312 g/mol. The zero-order valence-corrected chi connectivity index (χ0v) is 12.8. The predicted octanol–water partition coefficient (Wildman–Crippen LogP) is 2.99. The standard InChI is InChI=1S/C17H17FN4O/c1-11-9-22(5-6-23-11)17-15-14(8-19-16(15)20-10-21-17)12-3-2-4-13(18)7-12/h2-4,7-8,10-11H,5-6,9H2,1H3,(H,19,20,21). The van der Waals surface area contributed by atoms with Crippen LogP contribution in [-0.4, -0.2) is 40.8 Å². The Labute approximate surface area is 133 Å². The van der Waals surface area contributed by atoms with E-state index in [0.717, 1.165) is 41.1 Å². The van der Waals surface area contributed by atoms with Gasteiger partial charge in [0.05, 0.1) is 18.1 Å². The molecule has 1 saturated heterocycles. The molecule has 6 heteroatoms. The fraction of sp³-hybridized carbons (Fsp3) is 0.294. The molecule has 23 heavy (non-hydrogen) atoms. The number of morpholine rings is 1. The smallest absolute Gasteiger partial charge is 0.143 e. The molecule has 3 aromatic rings. The van der Waals surface area contributed by atoms with Gasteiger partial charge >= 0.3 is 0 Å². The fourth-order valence-electron chi connectivity index (χ4n) is 3.08. The van der Waals surface area contributed by atoms with Crippen LogP contribution in [0.4, 0.5) is 10.2 Å². The summed E-state index contributed by atoms with van der Waals surface area (Å²) in [6, 6.07) is 6.58. The van der Waals surface area contributed by atoms with Gasteiger partial charge in [0, 0.05) is 24.8 Å². The van der Waals surface area contributed by atoms with Crippen LogP contribution in [0, 0.1) is 5.82 Å². The average molecular weight is 312 g/mol. The maximum Gasteiger partial charge on any atom is 0.143 e. The highest BCUT2D eigenvalue weighted by Gasteiger charge is 2.22. The molecule has 118 valence electrons. The molecule has 2 aromatic heterocycles. The third-order valence-corrected chi connectivity index (χ3v) is 4.13. The lowest BCUT2D eigenvalue weighted by Crippen LogP contribution is -2.41. The van der Waals surface area contributed by atoms with E-state index in [1.807, 2.05) is 12.3 Å². The number of ether oxygens (including phenoxy) is 1. The van der Waals surface area contributed by atoms with E-state index >= 15 is 0 Å². The minimum Gasteiger partial charge on any atom is -0.375 e. The first kappa shape index (κ1) is 14.1. The Bertz CT molecular complexity index is 847. The zero-order valence-electron chi connectivity index (χ0n) is 12.8. The van der Waals surface area contributed by atoms with Crippen LogP contribution in [0.5, 0.6) is 0 Å². The Morgan fingerprint density at radius 1 is 1.35 bits per heavy atom.